The standard InChI is InChI=1S/10C6H6.8C2H6.12CH3.7Y/c10*1-2-4-6-5-3-1;8*1-2;;;;;;;;;;;;;;;;;;;/h10*1-6H;8*1-2H3;12*1H3;;;;;;;/q;;;;;;;;;;;;;;;;;;12*-1;;;;;;;. The van der Waals surface area contributed by atoms with Crippen molar-refractivity contribution in [1.82, 2.24) is 0 Å². The summed E-state index contributed by atoms with van der Waals surface area (Å²) in [6.45, 7) is 32.0. The van der Waals surface area contributed by atoms with E-state index >= 15 is 0 Å². The molecule has 7 radical (unpaired) electrons. The Morgan fingerprint density at radius 1 is 0.0632 bits per heavy atom. The second-order valence-corrected chi connectivity index (χ2v) is 11.5. The summed E-state index contributed by atoms with van der Waals surface area (Å²) in [4.78, 5) is 0. The molecule has 10 aromatic carbocycles. The van der Waals surface area contributed by atoms with E-state index in [9.17, 15) is 0 Å². The van der Waals surface area contributed by atoms with Gasteiger partial charge in [0.1, 0.15) is 0 Å². The van der Waals surface area contributed by atoms with E-state index in [4.69, 9.17) is 0 Å². The van der Waals surface area contributed by atoms with Gasteiger partial charge in [-0.25, -0.2) is 0 Å². The van der Waals surface area contributed by atoms with Crippen LogP contribution in [0.1, 0.15) is 111 Å². The Kier molecular flexibility index (Phi) is 432. The number of rotatable bonds is 0. The molecule has 0 heterocycles. The third-order valence-corrected chi connectivity index (χ3v) is 6.67. The minimum atomic E-state index is 0. The van der Waals surface area contributed by atoms with Crippen LogP contribution in [0.5, 0.6) is 0 Å². The topological polar surface area (TPSA) is 0 Å². The van der Waals surface area contributed by atoms with E-state index in [2.05, 4.69) is 0 Å². The minimum Gasteiger partial charge on any atom is -0.358 e. The molecule has 0 bridgehead atoms. The van der Waals surface area contributed by atoms with E-state index in [0.717, 1.165) is 0 Å². The van der Waals surface area contributed by atoms with Crippen LogP contribution in [0.25, 0.3) is 0 Å². The fraction of sp³-hybridized carbons (Fsp3) is 0.182. The number of hydrogen-bond acceptors (Lipinski definition) is 0. The third kappa shape index (κ3) is 221. The summed E-state index contributed by atoms with van der Waals surface area (Å²) >= 11 is 0. The summed E-state index contributed by atoms with van der Waals surface area (Å²) < 4.78 is 0. The Morgan fingerprint density at radius 3 is 0.0842 bits per heavy atom. The summed E-state index contributed by atoms with van der Waals surface area (Å²) in [5, 5.41) is 0. The smallest absolute Gasteiger partial charge is 0 e. The molecule has 0 N–H and O–H groups in total. The first-order chi connectivity index (χ1) is 38.0. The van der Waals surface area contributed by atoms with Gasteiger partial charge in [-0.05, 0) is 0 Å². The molecule has 0 amide bonds. The maximum Gasteiger partial charge on any atom is 0 e. The Labute approximate surface area is 780 Å². The minimum absolute atomic E-state index is 0. The SMILES string of the molecule is CC.CC.CC.CC.CC.CC.CC.CC.[CH3-].[CH3-].[CH3-].[CH3-].[CH3-].[CH3-].[CH3-].[CH3-].[CH3-].[CH3-].[CH3-].[CH3-].[Y].[Y].[Y].[Y].[Y].[Y].[Y].c1ccccc1.c1ccccc1.c1ccccc1.c1ccccc1.c1ccccc1.c1ccccc1.c1ccccc1.c1ccccc1.c1ccccc1.c1ccccc1. The normalized spacial score (nSPS) is 5.56. The van der Waals surface area contributed by atoms with Crippen LogP contribution in [0.15, 0.2) is 364 Å². The van der Waals surface area contributed by atoms with E-state index in [0.29, 0.717) is 0 Å². The van der Waals surface area contributed by atoms with Crippen molar-refractivity contribution in [3.8, 4) is 0 Å². The molecule has 10 rings (SSSR count). The van der Waals surface area contributed by atoms with Gasteiger partial charge in [-0.3, -0.25) is 0 Å². The molecule has 0 unspecified atom stereocenters. The second-order valence-electron chi connectivity index (χ2n) is 11.5. The molecule has 0 aliphatic carbocycles. The van der Waals surface area contributed by atoms with E-state index in [1.807, 2.05) is 475 Å². The van der Waals surface area contributed by atoms with Crippen molar-refractivity contribution in [1.29, 1.82) is 0 Å². The van der Waals surface area contributed by atoms with Gasteiger partial charge in [0, 0.05) is 229 Å². The van der Waals surface area contributed by atoms with Crippen molar-refractivity contribution in [3.05, 3.63) is 453 Å². The average Bonchev–Trinajstić information content (AvgIpc) is 3.60. The number of hydrogen-bond donors (Lipinski definition) is 0. The first-order valence-electron chi connectivity index (χ1n) is 28.0. The molecular weight excluding hydrogens is 1680 g/mol. The van der Waals surface area contributed by atoms with Crippen molar-refractivity contribution in [3.63, 3.8) is 0 Å². The summed E-state index contributed by atoms with van der Waals surface area (Å²) in [6.07, 6.45) is 0. The monoisotopic (exact) mass is 1820 g/mol. The van der Waals surface area contributed by atoms with E-state index in [-0.39, 0.29) is 318 Å². The van der Waals surface area contributed by atoms with Gasteiger partial charge < -0.3 is 89.1 Å². The molecular formula is C88H144Y7-12. The molecule has 0 aromatic heterocycles. The zero-order chi connectivity index (χ0) is 58.4. The van der Waals surface area contributed by atoms with Crippen molar-refractivity contribution in [2.45, 2.75) is 111 Å². The molecule has 0 aliphatic heterocycles. The first-order valence-corrected chi connectivity index (χ1v) is 28.0. The van der Waals surface area contributed by atoms with Gasteiger partial charge in [-0.15, -0.1) is 0 Å². The van der Waals surface area contributed by atoms with Crippen LogP contribution in [-0.4, -0.2) is 0 Å². The Morgan fingerprint density at radius 2 is 0.0737 bits per heavy atom. The fourth-order valence-electron chi connectivity index (χ4n) is 3.85. The quantitative estimate of drug-likeness (QED) is 0.133. The summed E-state index contributed by atoms with van der Waals surface area (Å²) in [5.74, 6) is 0. The second kappa shape index (κ2) is 226. The molecule has 0 atom stereocenters. The predicted molar refractivity (Wildman–Crippen MR) is 432 cm³/mol. The van der Waals surface area contributed by atoms with Crippen molar-refractivity contribution < 1.29 is 229 Å². The van der Waals surface area contributed by atoms with Crippen LogP contribution in [-0.2, 0) is 229 Å². The summed E-state index contributed by atoms with van der Waals surface area (Å²) in [6, 6.07) is 120. The predicted octanol–water partition coefficient (Wildman–Crippen LogP) is 30.5. The summed E-state index contributed by atoms with van der Waals surface area (Å²) in [7, 11) is 0. The van der Waals surface area contributed by atoms with Crippen LogP contribution in [0.4, 0.5) is 0 Å². The Hall–Kier alpha value is -0.0727. The number of benzene rings is 10. The van der Waals surface area contributed by atoms with E-state index in [1.165, 1.54) is 0 Å². The zero-order valence-corrected chi connectivity index (χ0v) is 86.6. The van der Waals surface area contributed by atoms with Crippen molar-refractivity contribution >= 4 is 0 Å². The van der Waals surface area contributed by atoms with Gasteiger partial charge in [-0.2, -0.15) is 0 Å². The van der Waals surface area contributed by atoms with Gasteiger partial charge in [0.2, 0.25) is 0 Å². The van der Waals surface area contributed by atoms with E-state index in [1.54, 1.807) is 0 Å². The fourth-order valence-corrected chi connectivity index (χ4v) is 3.85. The molecule has 0 aliphatic rings. The van der Waals surface area contributed by atoms with Crippen LogP contribution in [0.2, 0.25) is 0 Å². The van der Waals surface area contributed by atoms with Gasteiger partial charge in [0.25, 0.3) is 0 Å². The third-order valence-electron chi connectivity index (χ3n) is 6.67. The largest absolute Gasteiger partial charge is 0.358 e. The van der Waals surface area contributed by atoms with Crippen LogP contribution in [0, 0.1) is 89.1 Å². The molecule has 7 heteroatoms. The molecule has 0 spiro atoms. The first kappa shape index (κ1) is 182. The maximum atomic E-state index is 2.00. The Bertz CT molecular complexity index is 1280. The molecule has 0 saturated heterocycles. The molecule has 0 saturated carbocycles. The molecule has 95 heavy (non-hydrogen) atoms. The maximum absolute atomic E-state index is 2.00. The average molecular weight is 1820 g/mol. The van der Waals surface area contributed by atoms with Crippen molar-refractivity contribution in [2.24, 2.45) is 0 Å². The van der Waals surface area contributed by atoms with Gasteiger partial charge >= 0.3 is 0 Å². The zero-order valence-electron chi connectivity index (χ0n) is 66.7. The Balaban J connectivity index is -0.0000000207. The molecule has 529 valence electrons. The van der Waals surface area contributed by atoms with Gasteiger partial charge in [0.05, 0.1) is 0 Å². The molecule has 0 nitrogen and oxygen atoms in total. The van der Waals surface area contributed by atoms with Crippen LogP contribution in [0.3, 0.4) is 0 Å². The molecule has 0 fully saturated rings. The molecule has 10 aromatic rings. The van der Waals surface area contributed by atoms with Crippen LogP contribution >= 0.6 is 0 Å². The van der Waals surface area contributed by atoms with Gasteiger partial charge in [-0.1, -0.05) is 475 Å². The van der Waals surface area contributed by atoms with Crippen LogP contribution < -0.4 is 0 Å². The van der Waals surface area contributed by atoms with Crippen molar-refractivity contribution in [2.75, 3.05) is 0 Å². The summed E-state index contributed by atoms with van der Waals surface area (Å²) in [5.41, 5.74) is 0. The van der Waals surface area contributed by atoms with E-state index < -0.39 is 0 Å². The van der Waals surface area contributed by atoms with Gasteiger partial charge in [0.15, 0.2) is 0 Å².